The van der Waals surface area contributed by atoms with Crippen molar-refractivity contribution in [3.8, 4) is 0 Å². The van der Waals surface area contributed by atoms with Crippen molar-refractivity contribution >= 4 is 5.97 Å². The maximum atomic E-state index is 10.1. The third-order valence-electron chi connectivity index (χ3n) is 1.36. The number of rotatable bonds is 1. The fourth-order valence-corrected chi connectivity index (χ4v) is 0.895. The highest BCUT2D eigenvalue weighted by molar-refractivity contribution is 5.73. The molecule has 2 N–H and O–H groups in total. The molecule has 1 atom stereocenters. The van der Waals surface area contributed by atoms with Gasteiger partial charge in [0.15, 0.2) is 0 Å². The van der Waals surface area contributed by atoms with Gasteiger partial charge in [-0.15, -0.1) is 0 Å². The van der Waals surface area contributed by atoms with Crippen LogP contribution in [0.5, 0.6) is 0 Å². The van der Waals surface area contributed by atoms with Crippen molar-refractivity contribution in [2.75, 3.05) is 6.54 Å². The van der Waals surface area contributed by atoms with E-state index in [2.05, 4.69) is 5.32 Å². The Morgan fingerprint density at radius 2 is 2.33 bits per heavy atom. The third kappa shape index (κ3) is 1.97. The highest BCUT2D eigenvalue weighted by atomic mass is 19.0. The van der Waals surface area contributed by atoms with Gasteiger partial charge in [-0.3, -0.25) is 9.50 Å². The highest BCUT2D eigenvalue weighted by Gasteiger charge is 2.20. The second-order valence-corrected chi connectivity index (χ2v) is 1.99. The van der Waals surface area contributed by atoms with Crippen molar-refractivity contribution < 1.29 is 14.6 Å². The third-order valence-corrected chi connectivity index (χ3v) is 1.36. The average Bonchev–Trinajstić information content (AvgIpc) is 2.12. The topological polar surface area (TPSA) is 49.3 Å². The lowest BCUT2D eigenvalue weighted by Gasteiger charge is -1.99. The van der Waals surface area contributed by atoms with Gasteiger partial charge >= 0.3 is 5.97 Å². The summed E-state index contributed by atoms with van der Waals surface area (Å²) in [5.41, 5.74) is 0. The molecule has 0 aromatic rings. The second kappa shape index (κ2) is 3.40. The lowest BCUT2D eigenvalue weighted by Crippen LogP contribution is -2.29. The van der Waals surface area contributed by atoms with Crippen LogP contribution in [0.25, 0.3) is 0 Å². The monoisotopic (exact) mass is 135 g/mol. The van der Waals surface area contributed by atoms with Gasteiger partial charge in [0, 0.05) is 0 Å². The van der Waals surface area contributed by atoms with Gasteiger partial charge in [0.25, 0.3) is 0 Å². The molecular formula is C5H10FNO2. The van der Waals surface area contributed by atoms with E-state index >= 15 is 0 Å². The maximum Gasteiger partial charge on any atom is 0.320 e. The molecule has 0 radical (unpaired) electrons. The molecule has 0 aliphatic carbocycles. The number of nitrogens with one attached hydrogen (secondary N) is 1. The molecule has 1 rings (SSSR count). The minimum Gasteiger partial charge on any atom is -0.480 e. The molecule has 0 aromatic heterocycles. The first-order chi connectivity index (χ1) is 3.80. The van der Waals surface area contributed by atoms with Gasteiger partial charge in [-0.2, -0.15) is 0 Å². The molecule has 0 amide bonds. The zero-order valence-corrected chi connectivity index (χ0v) is 4.96. The summed E-state index contributed by atoms with van der Waals surface area (Å²) in [5.74, 6) is -0.720. The summed E-state index contributed by atoms with van der Waals surface area (Å²) in [6.45, 7) is 0.858. The van der Waals surface area contributed by atoms with Gasteiger partial charge in [-0.1, -0.05) is 0 Å². The zero-order valence-electron chi connectivity index (χ0n) is 4.96. The van der Waals surface area contributed by atoms with Crippen molar-refractivity contribution in [3.63, 3.8) is 0 Å². The Labute approximate surface area is 52.4 Å². The average molecular weight is 135 g/mol. The molecule has 4 heteroatoms. The number of halogens is 1. The van der Waals surface area contributed by atoms with Gasteiger partial charge in [-0.25, -0.2) is 0 Å². The van der Waals surface area contributed by atoms with Crippen molar-refractivity contribution in [1.82, 2.24) is 5.32 Å². The van der Waals surface area contributed by atoms with Crippen LogP contribution in [0.4, 0.5) is 4.70 Å². The first-order valence-corrected chi connectivity index (χ1v) is 2.77. The van der Waals surface area contributed by atoms with Gasteiger partial charge in [0.1, 0.15) is 6.04 Å². The van der Waals surface area contributed by atoms with E-state index in [-0.39, 0.29) is 10.7 Å². The molecule has 1 aliphatic heterocycles. The second-order valence-electron chi connectivity index (χ2n) is 1.99. The molecule has 1 saturated heterocycles. The van der Waals surface area contributed by atoms with Crippen LogP contribution in [0.1, 0.15) is 12.8 Å². The van der Waals surface area contributed by atoms with E-state index in [1.807, 2.05) is 0 Å². The fourth-order valence-electron chi connectivity index (χ4n) is 0.895. The number of aliphatic carboxylic acids is 1. The normalized spacial score (nSPS) is 25.1. The maximum absolute atomic E-state index is 10.1. The minimum atomic E-state index is -0.720. The number of carboxylic acid groups (broad SMARTS) is 1. The van der Waals surface area contributed by atoms with E-state index in [4.69, 9.17) is 5.11 Å². The molecule has 1 unspecified atom stereocenters. The molecule has 1 heterocycles. The van der Waals surface area contributed by atoms with Crippen LogP contribution in [-0.2, 0) is 4.79 Å². The minimum absolute atomic E-state index is 0. The Morgan fingerprint density at radius 3 is 2.56 bits per heavy atom. The van der Waals surface area contributed by atoms with Gasteiger partial charge in [0.05, 0.1) is 0 Å². The van der Waals surface area contributed by atoms with Crippen LogP contribution < -0.4 is 5.32 Å². The first-order valence-electron chi connectivity index (χ1n) is 2.77. The number of hydrogen-bond acceptors (Lipinski definition) is 2. The van der Waals surface area contributed by atoms with Crippen molar-refractivity contribution in [1.29, 1.82) is 0 Å². The lowest BCUT2D eigenvalue weighted by atomic mass is 10.2. The standard InChI is InChI=1S/C5H9NO2.FH/c7-5(8)4-2-1-3-6-4;/h4,6H,1-3H2,(H,7,8);1H. The van der Waals surface area contributed by atoms with Crippen LogP contribution in [0.15, 0.2) is 0 Å². The summed E-state index contributed by atoms with van der Waals surface area (Å²) in [4.78, 5) is 10.1. The number of carbonyl (C=O) groups is 1. The van der Waals surface area contributed by atoms with Crippen molar-refractivity contribution in [2.45, 2.75) is 18.9 Å². The van der Waals surface area contributed by atoms with E-state index in [1.54, 1.807) is 0 Å². The lowest BCUT2D eigenvalue weighted by molar-refractivity contribution is -0.139. The van der Waals surface area contributed by atoms with E-state index < -0.39 is 5.97 Å². The predicted molar refractivity (Wildman–Crippen MR) is 31.2 cm³/mol. The highest BCUT2D eigenvalue weighted by Crippen LogP contribution is 2.03. The molecule has 54 valence electrons. The molecule has 0 aromatic carbocycles. The van der Waals surface area contributed by atoms with Crippen molar-refractivity contribution in [3.05, 3.63) is 0 Å². The van der Waals surface area contributed by atoms with Crippen LogP contribution in [0.2, 0.25) is 0 Å². The molecule has 0 spiro atoms. The van der Waals surface area contributed by atoms with Crippen LogP contribution in [0, 0.1) is 0 Å². The van der Waals surface area contributed by atoms with Crippen molar-refractivity contribution in [2.24, 2.45) is 0 Å². The molecule has 3 nitrogen and oxygen atoms in total. The molecular weight excluding hydrogens is 125 g/mol. The number of carboxylic acids is 1. The van der Waals surface area contributed by atoms with Crippen LogP contribution in [-0.4, -0.2) is 23.7 Å². The zero-order chi connectivity index (χ0) is 5.98. The Morgan fingerprint density at radius 1 is 1.67 bits per heavy atom. The Kier molecular flexibility index (Phi) is 3.16. The molecule has 1 fully saturated rings. The predicted octanol–water partition coefficient (Wildman–Crippen LogP) is -0.0245. The van der Waals surface area contributed by atoms with Gasteiger partial charge in [0.2, 0.25) is 0 Å². The summed E-state index contributed by atoms with van der Waals surface area (Å²) < 4.78 is 0. The SMILES string of the molecule is F.O=C(O)C1CCCN1. The quantitative estimate of drug-likeness (QED) is 0.531. The molecule has 0 bridgehead atoms. The van der Waals surface area contributed by atoms with Crippen LogP contribution in [0.3, 0.4) is 0 Å². The summed E-state index contributed by atoms with van der Waals surface area (Å²) in [7, 11) is 0. The Bertz CT molecular complexity index is 101. The molecule has 0 saturated carbocycles. The summed E-state index contributed by atoms with van der Waals surface area (Å²) in [6.07, 6.45) is 1.78. The Balaban J connectivity index is 0.000000640. The van der Waals surface area contributed by atoms with Gasteiger partial charge < -0.3 is 10.4 Å². The van der Waals surface area contributed by atoms with E-state index in [0.29, 0.717) is 0 Å². The fraction of sp³-hybridized carbons (Fsp3) is 0.800. The van der Waals surface area contributed by atoms with E-state index in [0.717, 1.165) is 19.4 Å². The number of hydrogen-bond donors (Lipinski definition) is 2. The summed E-state index contributed by atoms with van der Waals surface area (Å²) >= 11 is 0. The van der Waals surface area contributed by atoms with Crippen LogP contribution >= 0.6 is 0 Å². The van der Waals surface area contributed by atoms with E-state index in [9.17, 15) is 4.79 Å². The molecule has 9 heavy (non-hydrogen) atoms. The molecule has 1 aliphatic rings. The first kappa shape index (κ1) is 8.36. The summed E-state index contributed by atoms with van der Waals surface area (Å²) in [6, 6.07) is -0.269. The van der Waals surface area contributed by atoms with Gasteiger partial charge in [-0.05, 0) is 19.4 Å². The summed E-state index contributed by atoms with van der Waals surface area (Å²) in [5, 5.41) is 11.2. The Hall–Kier alpha value is -0.640. The smallest absolute Gasteiger partial charge is 0.320 e. The largest absolute Gasteiger partial charge is 0.480 e. The van der Waals surface area contributed by atoms with E-state index in [1.165, 1.54) is 0 Å².